The number of nitrogens with one attached hydrogen (secondary N) is 2. The number of carbonyl (C=O) groups is 3. The number of rotatable bonds is 11. The summed E-state index contributed by atoms with van der Waals surface area (Å²) in [6, 6.07) is 15.8. The topological polar surface area (TPSA) is 87.7 Å². The Morgan fingerprint density at radius 2 is 1.78 bits per heavy atom. The van der Waals surface area contributed by atoms with Gasteiger partial charge in [0.15, 0.2) is 0 Å². The second-order valence-electron chi connectivity index (χ2n) is 10.5. The first-order chi connectivity index (χ1) is 17.6. The van der Waals surface area contributed by atoms with E-state index in [1.54, 1.807) is 37.4 Å². The van der Waals surface area contributed by atoms with E-state index in [-0.39, 0.29) is 17.9 Å². The number of carbonyl (C=O) groups excluding carboxylic acids is 3. The standard InChI is InChI=1S/C29H39N3O4S/c1-20-10-9-13-22(18-20)25(26(33)30-19-21-11-7-6-8-12-21)32(23-14-15-23)27(34)24(16-17-37-5)31-28(35)36-29(2,3)4/h6-13,18,23-25H,14-17,19H2,1-5H3,(H,30,33)(H,31,35). The molecule has 2 atom stereocenters. The number of alkyl carbamates (subject to hydrolysis) is 1. The van der Waals surface area contributed by atoms with E-state index >= 15 is 0 Å². The molecule has 1 saturated carbocycles. The van der Waals surface area contributed by atoms with Crippen LogP contribution in [0.2, 0.25) is 0 Å². The molecule has 8 heteroatoms. The number of benzene rings is 2. The minimum Gasteiger partial charge on any atom is -0.444 e. The van der Waals surface area contributed by atoms with Crippen LogP contribution in [0.5, 0.6) is 0 Å². The van der Waals surface area contributed by atoms with Gasteiger partial charge in [0.1, 0.15) is 17.7 Å². The predicted octanol–water partition coefficient (Wildman–Crippen LogP) is 4.99. The third-order valence-electron chi connectivity index (χ3n) is 5.99. The van der Waals surface area contributed by atoms with E-state index in [1.807, 2.05) is 67.8 Å². The highest BCUT2D eigenvalue weighted by molar-refractivity contribution is 7.98. The smallest absolute Gasteiger partial charge is 0.408 e. The minimum absolute atomic E-state index is 0.0577. The highest BCUT2D eigenvalue weighted by Gasteiger charge is 2.44. The van der Waals surface area contributed by atoms with Gasteiger partial charge in [0.2, 0.25) is 11.8 Å². The Morgan fingerprint density at radius 1 is 1.08 bits per heavy atom. The molecule has 0 radical (unpaired) electrons. The van der Waals surface area contributed by atoms with Gasteiger partial charge in [-0.2, -0.15) is 11.8 Å². The lowest BCUT2D eigenvalue weighted by Crippen LogP contribution is -2.54. The lowest BCUT2D eigenvalue weighted by molar-refractivity contribution is -0.143. The van der Waals surface area contributed by atoms with Gasteiger partial charge < -0.3 is 20.3 Å². The van der Waals surface area contributed by atoms with Crippen molar-refractivity contribution in [2.75, 3.05) is 12.0 Å². The number of hydrogen-bond acceptors (Lipinski definition) is 5. The quantitative estimate of drug-likeness (QED) is 0.432. The molecule has 2 unspecified atom stereocenters. The molecule has 0 bridgehead atoms. The first kappa shape index (κ1) is 28.6. The SMILES string of the molecule is CSCCC(NC(=O)OC(C)(C)C)C(=O)N(C1CC1)C(C(=O)NCc1ccccc1)c1cccc(C)c1. The van der Waals surface area contributed by atoms with Crippen LogP contribution in [0.4, 0.5) is 4.79 Å². The lowest BCUT2D eigenvalue weighted by Gasteiger charge is -2.35. The van der Waals surface area contributed by atoms with Gasteiger partial charge in [-0.1, -0.05) is 60.2 Å². The second-order valence-corrected chi connectivity index (χ2v) is 11.5. The molecule has 0 heterocycles. The molecule has 200 valence electrons. The van der Waals surface area contributed by atoms with Gasteiger partial charge in [0.05, 0.1) is 0 Å². The van der Waals surface area contributed by atoms with E-state index in [9.17, 15) is 14.4 Å². The largest absolute Gasteiger partial charge is 0.444 e. The van der Waals surface area contributed by atoms with Crippen molar-refractivity contribution in [3.8, 4) is 0 Å². The molecule has 3 rings (SSSR count). The predicted molar refractivity (Wildman–Crippen MR) is 148 cm³/mol. The van der Waals surface area contributed by atoms with Crippen LogP contribution in [0.1, 0.15) is 62.8 Å². The fraction of sp³-hybridized carbons (Fsp3) is 0.483. The molecule has 2 aromatic carbocycles. The number of thioether (sulfide) groups is 1. The van der Waals surface area contributed by atoms with E-state index in [0.717, 1.165) is 29.5 Å². The Kier molecular flexibility index (Phi) is 10.0. The minimum atomic E-state index is -0.805. The molecule has 1 aliphatic carbocycles. The zero-order valence-electron chi connectivity index (χ0n) is 22.5. The van der Waals surface area contributed by atoms with Gasteiger partial charge in [-0.05, 0) is 70.1 Å². The van der Waals surface area contributed by atoms with Gasteiger partial charge in [-0.3, -0.25) is 9.59 Å². The number of aryl methyl sites for hydroxylation is 1. The van der Waals surface area contributed by atoms with E-state index in [0.29, 0.717) is 18.7 Å². The number of amides is 3. The van der Waals surface area contributed by atoms with Crippen molar-refractivity contribution in [2.24, 2.45) is 0 Å². The van der Waals surface area contributed by atoms with Crippen molar-refractivity contribution >= 4 is 29.7 Å². The first-order valence-corrected chi connectivity index (χ1v) is 14.2. The maximum absolute atomic E-state index is 14.1. The van der Waals surface area contributed by atoms with Crippen LogP contribution in [-0.4, -0.2) is 52.5 Å². The third kappa shape index (κ3) is 8.81. The summed E-state index contributed by atoms with van der Waals surface area (Å²) in [4.78, 5) is 42.1. The zero-order valence-corrected chi connectivity index (χ0v) is 23.3. The molecule has 0 spiro atoms. The molecule has 1 aliphatic rings. The summed E-state index contributed by atoms with van der Waals surface area (Å²) in [6.45, 7) is 7.68. The molecule has 2 N–H and O–H groups in total. The molecular weight excluding hydrogens is 486 g/mol. The Bertz CT molecular complexity index is 1070. The van der Waals surface area contributed by atoms with Crippen LogP contribution in [0.25, 0.3) is 0 Å². The Morgan fingerprint density at radius 3 is 2.38 bits per heavy atom. The van der Waals surface area contributed by atoms with Gasteiger partial charge in [0, 0.05) is 12.6 Å². The van der Waals surface area contributed by atoms with Crippen molar-refractivity contribution < 1.29 is 19.1 Å². The molecule has 37 heavy (non-hydrogen) atoms. The van der Waals surface area contributed by atoms with E-state index < -0.39 is 23.8 Å². The zero-order chi connectivity index (χ0) is 27.0. The van der Waals surface area contributed by atoms with E-state index in [4.69, 9.17) is 4.74 Å². The average Bonchev–Trinajstić information content (AvgIpc) is 3.68. The summed E-state index contributed by atoms with van der Waals surface area (Å²) < 4.78 is 5.44. The fourth-order valence-corrected chi connectivity index (χ4v) is 4.63. The summed E-state index contributed by atoms with van der Waals surface area (Å²) in [6.07, 6.45) is 3.40. The Balaban J connectivity index is 1.91. The van der Waals surface area contributed by atoms with Crippen LogP contribution < -0.4 is 10.6 Å². The van der Waals surface area contributed by atoms with Crippen LogP contribution in [0.3, 0.4) is 0 Å². The fourth-order valence-electron chi connectivity index (χ4n) is 4.15. The first-order valence-electron chi connectivity index (χ1n) is 12.8. The third-order valence-corrected chi connectivity index (χ3v) is 6.63. The molecule has 0 aliphatic heterocycles. The average molecular weight is 526 g/mol. The van der Waals surface area contributed by atoms with Crippen LogP contribution >= 0.6 is 11.8 Å². The number of nitrogens with zero attached hydrogens (tertiary/aromatic N) is 1. The second kappa shape index (κ2) is 13.0. The van der Waals surface area contributed by atoms with Crippen molar-refractivity contribution in [3.05, 3.63) is 71.3 Å². The van der Waals surface area contributed by atoms with Crippen molar-refractivity contribution in [2.45, 2.75) is 77.2 Å². The van der Waals surface area contributed by atoms with Crippen molar-refractivity contribution in [1.82, 2.24) is 15.5 Å². The highest BCUT2D eigenvalue weighted by atomic mass is 32.2. The van der Waals surface area contributed by atoms with E-state index in [2.05, 4.69) is 10.6 Å². The molecule has 0 aromatic heterocycles. The summed E-state index contributed by atoms with van der Waals surface area (Å²) >= 11 is 1.60. The molecule has 3 amide bonds. The Hall–Kier alpha value is -3.00. The van der Waals surface area contributed by atoms with Crippen LogP contribution in [-0.2, 0) is 20.9 Å². The molecule has 0 saturated heterocycles. The molecular formula is C29H39N3O4S. The van der Waals surface area contributed by atoms with Crippen LogP contribution in [0.15, 0.2) is 54.6 Å². The van der Waals surface area contributed by atoms with Gasteiger partial charge in [0.25, 0.3) is 0 Å². The highest BCUT2D eigenvalue weighted by Crippen LogP contribution is 2.36. The molecule has 1 fully saturated rings. The van der Waals surface area contributed by atoms with E-state index in [1.165, 1.54) is 0 Å². The Labute approximate surface area is 224 Å². The van der Waals surface area contributed by atoms with Gasteiger partial charge >= 0.3 is 6.09 Å². The lowest BCUT2D eigenvalue weighted by atomic mass is 10.00. The summed E-state index contributed by atoms with van der Waals surface area (Å²) in [5.74, 6) is 0.180. The van der Waals surface area contributed by atoms with Gasteiger partial charge in [-0.15, -0.1) is 0 Å². The number of ether oxygens (including phenoxy) is 1. The normalized spacial score (nSPS) is 14.8. The van der Waals surface area contributed by atoms with Crippen molar-refractivity contribution in [3.63, 3.8) is 0 Å². The van der Waals surface area contributed by atoms with Crippen LogP contribution in [0, 0.1) is 6.92 Å². The maximum Gasteiger partial charge on any atom is 0.408 e. The molecule has 7 nitrogen and oxygen atoms in total. The monoisotopic (exact) mass is 525 g/mol. The summed E-state index contributed by atoms with van der Waals surface area (Å²) in [5.41, 5.74) is 2.06. The number of hydrogen-bond donors (Lipinski definition) is 2. The summed E-state index contributed by atoms with van der Waals surface area (Å²) in [5, 5.41) is 5.83. The van der Waals surface area contributed by atoms with Crippen molar-refractivity contribution in [1.29, 1.82) is 0 Å². The molecule has 2 aromatic rings. The summed E-state index contributed by atoms with van der Waals surface area (Å²) in [7, 11) is 0. The van der Waals surface area contributed by atoms with Gasteiger partial charge in [-0.25, -0.2) is 4.79 Å². The maximum atomic E-state index is 14.1.